The Hall–Kier alpha value is -3.69. The minimum absolute atomic E-state index is 0.0170. The lowest BCUT2D eigenvalue weighted by Gasteiger charge is -2.25. The van der Waals surface area contributed by atoms with Gasteiger partial charge in [0, 0.05) is 6.04 Å². The van der Waals surface area contributed by atoms with E-state index in [9.17, 15) is 4.79 Å². The van der Waals surface area contributed by atoms with E-state index in [1.807, 2.05) is 48.5 Å². The molecule has 0 saturated heterocycles. The molecule has 0 aliphatic heterocycles. The first kappa shape index (κ1) is 23.5. The molecule has 170 valence electrons. The van der Waals surface area contributed by atoms with Crippen molar-refractivity contribution >= 4 is 24.4 Å². The molecule has 0 spiro atoms. The van der Waals surface area contributed by atoms with Crippen LogP contribution in [0.5, 0.6) is 0 Å². The monoisotopic (exact) mass is 461 g/mol. The van der Waals surface area contributed by atoms with Crippen molar-refractivity contribution in [3.05, 3.63) is 144 Å². The molecule has 34 heavy (non-hydrogen) atoms. The standard InChI is InChI=1S/C31H31NOSi/c1-34(29-18-10-4-11-19-29,30-20-12-5-13-21-30)23-22-31(33)32-28(24-26-14-6-2-7-15-26)25-27-16-8-3-9-17-27/h2-23,28H,24-25H2,1H3,(H,32,33). The van der Waals surface area contributed by atoms with E-state index < -0.39 is 8.07 Å². The fourth-order valence-corrected chi connectivity index (χ4v) is 7.36. The van der Waals surface area contributed by atoms with Gasteiger partial charge in [-0.05, 0) is 30.0 Å². The maximum Gasteiger partial charge on any atom is 0.243 e. The minimum atomic E-state index is -2.21. The zero-order valence-electron chi connectivity index (χ0n) is 19.6. The second kappa shape index (κ2) is 11.4. The van der Waals surface area contributed by atoms with Gasteiger partial charge in [-0.25, -0.2) is 0 Å². The average molecular weight is 462 g/mol. The van der Waals surface area contributed by atoms with Crippen LogP contribution in [-0.2, 0) is 17.6 Å². The molecule has 4 aromatic carbocycles. The maximum absolute atomic E-state index is 13.2. The van der Waals surface area contributed by atoms with E-state index in [0.717, 1.165) is 12.8 Å². The van der Waals surface area contributed by atoms with Gasteiger partial charge >= 0.3 is 0 Å². The van der Waals surface area contributed by atoms with Gasteiger partial charge in [0.25, 0.3) is 0 Å². The molecule has 0 aromatic heterocycles. The predicted octanol–water partition coefficient (Wildman–Crippen LogP) is 4.95. The Kier molecular flexibility index (Phi) is 7.90. The van der Waals surface area contributed by atoms with Crippen molar-refractivity contribution in [1.82, 2.24) is 5.32 Å². The number of hydrogen-bond donors (Lipinski definition) is 1. The Morgan fingerprint density at radius 3 is 1.47 bits per heavy atom. The zero-order valence-corrected chi connectivity index (χ0v) is 20.6. The summed E-state index contributed by atoms with van der Waals surface area (Å²) in [5.41, 5.74) is 4.61. The predicted molar refractivity (Wildman–Crippen MR) is 145 cm³/mol. The summed E-state index contributed by atoms with van der Waals surface area (Å²) < 4.78 is 0. The fourth-order valence-electron chi connectivity index (χ4n) is 4.39. The smallest absolute Gasteiger partial charge is 0.243 e. The van der Waals surface area contributed by atoms with Crippen LogP contribution in [0.2, 0.25) is 6.55 Å². The van der Waals surface area contributed by atoms with Crippen LogP contribution in [0.1, 0.15) is 11.1 Å². The molecule has 0 unspecified atom stereocenters. The van der Waals surface area contributed by atoms with Crippen molar-refractivity contribution in [2.24, 2.45) is 0 Å². The van der Waals surface area contributed by atoms with E-state index in [2.05, 4.69) is 90.4 Å². The molecule has 2 nitrogen and oxygen atoms in total. The highest BCUT2D eigenvalue weighted by Crippen LogP contribution is 2.11. The number of benzene rings is 4. The lowest BCUT2D eigenvalue weighted by atomic mass is 9.99. The molecule has 4 rings (SSSR count). The van der Waals surface area contributed by atoms with Crippen LogP contribution < -0.4 is 15.7 Å². The SMILES string of the molecule is C[Si](C=CC(=O)NC(Cc1ccccc1)Cc1ccccc1)(c1ccccc1)c1ccccc1. The number of hydrogen-bond acceptors (Lipinski definition) is 1. The molecular formula is C31H31NOSi. The Morgan fingerprint density at radius 1 is 0.676 bits per heavy atom. The lowest BCUT2D eigenvalue weighted by Crippen LogP contribution is -2.54. The summed E-state index contributed by atoms with van der Waals surface area (Å²) in [7, 11) is -2.21. The van der Waals surface area contributed by atoms with Crippen LogP contribution in [0.25, 0.3) is 0 Å². The number of rotatable bonds is 9. The molecule has 0 bridgehead atoms. The third-order valence-electron chi connectivity index (χ3n) is 6.31. The van der Waals surface area contributed by atoms with Gasteiger partial charge in [-0.15, -0.1) is 0 Å². The molecule has 0 heterocycles. The second-order valence-electron chi connectivity index (χ2n) is 8.85. The van der Waals surface area contributed by atoms with Crippen LogP contribution in [0.4, 0.5) is 0 Å². The second-order valence-corrected chi connectivity index (χ2v) is 12.7. The van der Waals surface area contributed by atoms with Crippen molar-refractivity contribution in [3.63, 3.8) is 0 Å². The number of amides is 1. The van der Waals surface area contributed by atoms with Crippen molar-refractivity contribution in [2.45, 2.75) is 25.4 Å². The van der Waals surface area contributed by atoms with Crippen molar-refractivity contribution in [2.75, 3.05) is 0 Å². The van der Waals surface area contributed by atoms with E-state index in [1.165, 1.54) is 21.5 Å². The first-order chi connectivity index (χ1) is 16.6. The largest absolute Gasteiger partial charge is 0.349 e. The van der Waals surface area contributed by atoms with Gasteiger partial charge in [-0.1, -0.05) is 144 Å². The topological polar surface area (TPSA) is 29.1 Å². The van der Waals surface area contributed by atoms with Crippen LogP contribution in [0.3, 0.4) is 0 Å². The van der Waals surface area contributed by atoms with Crippen LogP contribution in [-0.4, -0.2) is 20.0 Å². The third kappa shape index (κ3) is 6.21. The molecule has 0 atom stereocenters. The van der Waals surface area contributed by atoms with E-state index in [1.54, 1.807) is 6.08 Å². The first-order valence-electron chi connectivity index (χ1n) is 11.8. The fraction of sp³-hybridized carbons (Fsp3) is 0.129. The summed E-state index contributed by atoms with van der Waals surface area (Å²) in [5, 5.41) is 5.86. The van der Waals surface area contributed by atoms with Crippen molar-refractivity contribution in [1.29, 1.82) is 0 Å². The molecule has 0 aliphatic rings. The van der Waals surface area contributed by atoms with Crippen molar-refractivity contribution < 1.29 is 4.79 Å². The van der Waals surface area contributed by atoms with Crippen LogP contribution in [0.15, 0.2) is 133 Å². The minimum Gasteiger partial charge on any atom is -0.349 e. The van der Waals surface area contributed by atoms with Crippen LogP contribution >= 0.6 is 0 Å². The first-order valence-corrected chi connectivity index (χ1v) is 14.4. The summed E-state index contributed by atoms with van der Waals surface area (Å²) in [6, 6.07) is 41.8. The number of nitrogens with one attached hydrogen (secondary N) is 1. The van der Waals surface area contributed by atoms with Gasteiger partial charge in [0.15, 0.2) is 0 Å². The summed E-state index contributed by atoms with van der Waals surface area (Å²) >= 11 is 0. The Bertz CT molecular complexity index is 1110. The third-order valence-corrected chi connectivity index (χ3v) is 10.2. The summed E-state index contributed by atoms with van der Waals surface area (Å²) in [6.45, 7) is 2.30. The van der Waals surface area contributed by atoms with Crippen LogP contribution in [0, 0.1) is 0 Å². The normalized spacial score (nSPS) is 11.6. The molecule has 1 amide bonds. The van der Waals surface area contributed by atoms with E-state index in [4.69, 9.17) is 0 Å². The number of carbonyl (C=O) groups is 1. The quantitative estimate of drug-likeness (QED) is 0.277. The van der Waals surface area contributed by atoms with E-state index >= 15 is 0 Å². The number of carbonyl (C=O) groups excluding carboxylic acids is 1. The molecular weight excluding hydrogens is 430 g/mol. The molecule has 1 N–H and O–H groups in total. The molecule has 0 radical (unpaired) electrons. The zero-order chi connectivity index (χ0) is 23.6. The van der Waals surface area contributed by atoms with Gasteiger partial charge in [-0.2, -0.15) is 0 Å². The van der Waals surface area contributed by atoms with Gasteiger partial charge in [0.1, 0.15) is 8.07 Å². The lowest BCUT2D eigenvalue weighted by molar-refractivity contribution is -0.117. The van der Waals surface area contributed by atoms with Gasteiger partial charge in [0.05, 0.1) is 0 Å². The van der Waals surface area contributed by atoms with Gasteiger partial charge in [0.2, 0.25) is 5.91 Å². The van der Waals surface area contributed by atoms with Crippen molar-refractivity contribution in [3.8, 4) is 0 Å². The summed E-state index contributed by atoms with van der Waals surface area (Å²) in [5.74, 6) is -0.0394. The molecule has 0 aliphatic carbocycles. The highest BCUT2D eigenvalue weighted by molar-refractivity contribution is 7.05. The molecule has 3 heteroatoms. The highest BCUT2D eigenvalue weighted by Gasteiger charge is 2.29. The van der Waals surface area contributed by atoms with E-state index in [-0.39, 0.29) is 11.9 Å². The molecule has 0 fully saturated rings. The Morgan fingerprint density at radius 2 is 1.06 bits per heavy atom. The van der Waals surface area contributed by atoms with Gasteiger partial charge < -0.3 is 5.32 Å². The Labute approximate surface area is 204 Å². The highest BCUT2D eigenvalue weighted by atomic mass is 28.3. The average Bonchev–Trinajstić information content (AvgIpc) is 2.89. The summed E-state index contributed by atoms with van der Waals surface area (Å²) in [4.78, 5) is 13.2. The maximum atomic E-state index is 13.2. The molecule has 0 saturated carbocycles. The Balaban J connectivity index is 1.55. The van der Waals surface area contributed by atoms with E-state index in [0.29, 0.717) is 0 Å². The summed E-state index contributed by atoms with van der Waals surface area (Å²) in [6.07, 6.45) is 3.35. The molecule has 4 aromatic rings. The van der Waals surface area contributed by atoms with Gasteiger partial charge in [-0.3, -0.25) is 4.79 Å².